The fourth-order valence-corrected chi connectivity index (χ4v) is 1.86. The van der Waals surface area contributed by atoms with E-state index in [-0.39, 0.29) is 16.8 Å². The third kappa shape index (κ3) is 2.89. The summed E-state index contributed by atoms with van der Waals surface area (Å²) in [6, 6.07) is 5.93. The molecular weight excluding hydrogens is 243 g/mol. The Morgan fingerprint density at radius 1 is 1.21 bits per heavy atom. The SMILES string of the molecule is Cc1cc(F)ccc1-c1nc(C(C)(C)C)cc(=O)[nH]1. The minimum atomic E-state index is -0.296. The van der Waals surface area contributed by atoms with Gasteiger partial charge in [-0.25, -0.2) is 9.37 Å². The number of hydrogen-bond acceptors (Lipinski definition) is 2. The molecule has 0 saturated heterocycles. The Morgan fingerprint density at radius 2 is 1.89 bits per heavy atom. The Bertz CT molecular complexity index is 669. The molecule has 19 heavy (non-hydrogen) atoms. The number of H-pyrrole nitrogens is 1. The molecule has 1 aromatic heterocycles. The second kappa shape index (κ2) is 4.61. The molecule has 0 amide bonds. The van der Waals surface area contributed by atoms with Crippen molar-refractivity contribution >= 4 is 0 Å². The van der Waals surface area contributed by atoms with Gasteiger partial charge in [0.05, 0.1) is 5.69 Å². The zero-order chi connectivity index (χ0) is 14.2. The van der Waals surface area contributed by atoms with Crippen molar-refractivity contribution in [3.63, 3.8) is 0 Å². The maximum absolute atomic E-state index is 13.1. The summed E-state index contributed by atoms with van der Waals surface area (Å²) in [6.07, 6.45) is 0. The van der Waals surface area contributed by atoms with Gasteiger partial charge in [0.15, 0.2) is 0 Å². The Kier molecular flexibility index (Phi) is 3.27. The zero-order valence-electron chi connectivity index (χ0n) is 11.5. The molecule has 2 aromatic rings. The van der Waals surface area contributed by atoms with Gasteiger partial charge in [-0.2, -0.15) is 0 Å². The molecule has 3 nitrogen and oxygen atoms in total. The van der Waals surface area contributed by atoms with E-state index in [1.54, 1.807) is 13.0 Å². The van der Waals surface area contributed by atoms with Crippen molar-refractivity contribution in [1.82, 2.24) is 9.97 Å². The molecule has 1 heterocycles. The molecule has 0 unspecified atom stereocenters. The highest BCUT2D eigenvalue weighted by molar-refractivity contribution is 5.59. The summed E-state index contributed by atoms with van der Waals surface area (Å²) in [5.74, 6) is 0.186. The van der Waals surface area contributed by atoms with Gasteiger partial charge >= 0.3 is 0 Å². The van der Waals surface area contributed by atoms with Crippen LogP contribution in [-0.4, -0.2) is 9.97 Å². The largest absolute Gasteiger partial charge is 0.307 e. The smallest absolute Gasteiger partial charge is 0.251 e. The second-order valence-corrected chi connectivity index (χ2v) is 5.69. The van der Waals surface area contributed by atoms with Gasteiger partial charge in [-0.3, -0.25) is 4.79 Å². The van der Waals surface area contributed by atoms with Crippen LogP contribution in [0.4, 0.5) is 4.39 Å². The fourth-order valence-electron chi connectivity index (χ4n) is 1.86. The summed E-state index contributed by atoms with van der Waals surface area (Å²) < 4.78 is 13.1. The van der Waals surface area contributed by atoms with E-state index < -0.39 is 0 Å². The molecule has 1 N–H and O–H groups in total. The van der Waals surface area contributed by atoms with Crippen LogP contribution in [0.3, 0.4) is 0 Å². The summed E-state index contributed by atoms with van der Waals surface area (Å²) in [7, 11) is 0. The molecule has 0 saturated carbocycles. The normalized spacial score (nSPS) is 11.6. The summed E-state index contributed by atoms with van der Waals surface area (Å²) in [6.45, 7) is 7.78. The van der Waals surface area contributed by atoms with Crippen molar-refractivity contribution in [3.8, 4) is 11.4 Å². The van der Waals surface area contributed by atoms with Crippen molar-refractivity contribution in [2.45, 2.75) is 33.1 Å². The van der Waals surface area contributed by atoms with E-state index in [0.29, 0.717) is 5.82 Å². The fraction of sp³-hybridized carbons (Fsp3) is 0.333. The maximum Gasteiger partial charge on any atom is 0.251 e. The molecule has 0 atom stereocenters. The van der Waals surface area contributed by atoms with Crippen LogP contribution >= 0.6 is 0 Å². The van der Waals surface area contributed by atoms with Crippen LogP contribution in [0.25, 0.3) is 11.4 Å². The maximum atomic E-state index is 13.1. The van der Waals surface area contributed by atoms with Crippen LogP contribution in [0.1, 0.15) is 32.0 Å². The number of aryl methyl sites for hydroxylation is 1. The molecule has 0 radical (unpaired) electrons. The lowest BCUT2D eigenvalue weighted by atomic mass is 9.92. The molecule has 0 aliphatic carbocycles. The van der Waals surface area contributed by atoms with Crippen molar-refractivity contribution in [2.75, 3.05) is 0 Å². The number of benzene rings is 1. The summed E-state index contributed by atoms with van der Waals surface area (Å²) in [5.41, 5.74) is 1.80. The highest BCUT2D eigenvalue weighted by Gasteiger charge is 2.18. The van der Waals surface area contributed by atoms with Gasteiger partial charge in [0.1, 0.15) is 11.6 Å². The molecule has 0 spiro atoms. The molecule has 1 aromatic carbocycles. The highest BCUT2D eigenvalue weighted by Crippen LogP contribution is 2.23. The van der Waals surface area contributed by atoms with Gasteiger partial charge in [-0.15, -0.1) is 0 Å². The highest BCUT2D eigenvalue weighted by atomic mass is 19.1. The molecule has 0 aliphatic heterocycles. The zero-order valence-corrected chi connectivity index (χ0v) is 11.5. The summed E-state index contributed by atoms with van der Waals surface area (Å²) >= 11 is 0. The minimum absolute atomic E-state index is 0.196. The van der Waals surface area contributed by atoms with Crippen molar-refractivity contribution in [2.24, 2.45) is 0 Å². The molecule has 0 aliphatic rings. The van der Waals surface area contributed by atoms with Crippen molar-refractivity contribution in [1.29, 1.82) is 0 Å². The molecule has 100 valence electrons. The van der Waals surface area contributed by atoms with E-state index in [1.165, 1.54) is 18.2 Å². The Labute approximate surface area is 111 Å². The topological polar surface area (TPSA) is 45.8 Å². The number of halogens is 1. The predicted molar refractivity (Wildman–Crippen MR) is 73.7 cm³/mol. The lowest BCUT2D eigenvalue weighted by molar-refractivity contribution is 0.566. The summed E-state index contributed by atoms with van der Waals surface area (Å²) in [4.78, 5) is 18.9. The van der Waals surface area contributed by atoms with Crippen LogP contribution in [0.5, 0.6) is 0 Å². The van der Waals surface area contributed by atoms with Crippen molar-refractivity contribution in [3.05, 3.63) is 51.7 Å². The first-order chi connectivity index (χ1) is 8.77. The van der Waals surface area contributed by atoms with Gasteiger partial charge in [-0.05, 0) is 30.7 Å². The van der Waals surface area contributed by atoms with Crippen LogP contribution in [-0.2, 0) is 5.41 Å². The van der Waals surface area contributed by atoms with Crippen LogP contribution in [0, 0.1) is 12.7 Å². The Hall–Kier alpha value is -1.97. The third-order valence-electron chi connectivity index (χ3n) is 2.95. The molecule has 4 heteroatoms. The quantitative estimate of drug-likeness (QED) is 0.856. The standard InChI is InChI=1S/C15H17FN2O/c1-9-7-10(16)5-6-11(9)14-17-12(15(2,3)4)8-13(19)18-14/h5-8H,1-4H3,(H,17,18,19). The first-order valence-electron chi connectivity index (χ1n) is 6.16. The van der Waals surface area contributed by atoms with E-state index in [4.69, 9.17) is 0 Å². The summed E-state index contributed by atoms with van der Waals surface area (Å²) in [5, 5.41) is 0. The van der Waals surface area contributed by atoms with E-state index >= 15 is 0 Å². The first-order valence-corrected chi connectivity index (χ1v) is 6.16. The Morgan fingerprint density at radius 3 is 2.47 bits per heavy atom. The lowest BCUT2D eigenvalue weighted by Gasteiger charge is -2.18. The van der Waals surface area contributed by atoms with E-state index in [9.17, 15) is 9.18 Å². The second-order valence-electron chi connectivity index (χ2n) is 5.69. The molecular formula is C15H17FN2O. The number of nitrogens with one attached hydrogen (secondary N) is 1. The number of aromatic amines is 1. The molecule has 0 bridgehead atoms. The third-order valence-corrected chi connectivity index (χ3v) is 2.95. The van der Waals surface area contributed by atoms with Gasteiger partial charge in [0.25, 0.3) is 5.56 Å². The average molecular weight is 260 g/mol. The van der Waals surface area contributed by atoms with Crippen LogP contribution < -0.4 is 5.56 Å². The minimum Gasteiger partial charge on any atom is -0.307 e. The molecule has 0 fully saturated rings. The average Bonchev–Trinajstić information content (AvgIpc) is 2.26. The van der Waals surface area contributed by atoms with Gasteiger partial charge < -0.3 is 4.98 Å². The van der Waals surface area contributed by atoms with E-state index in [0.717, 1.165) is 16.8 Å². The number of rotatable bonds is 1. The lowest BCUT2D eigenvalue weighted by Crippen LogP contribution is -2.20. The van der Waals surface area contributed by atoms with Crippen LogP contribution in [0.15, 0.2) is 29.1 Å². The van der Waals surface area contributed by atoms with E-state index in [1.807, 2.05) is 20.8 Å². The number of hydrogen-bond donors (Lipinski definition) is 1. The van der Waals surface area contributed by atoms with Gasteiger partial charge in [0.2, 0.25) is 0 Å². The van der Waals surface area contributed by atoms with Gasteiger partial charge in [0, 0.05) is 17.0 Å². The monoisotopic (exact) mass is 260 g/mol. The number of nitrogens with zero attached hydrogens (tertiary/aromatic N) is 1. The van der Waals surface area contributed by atoms with Crippen molar-refractivity contribution < 1.29 is 4.39 Å². The predicted octanol–water partition coefficient (Wildman–Crippen LogP) is 3.18. The molecule has 2 rings (SSSR count). The van der Waals surface area contributed by atoms with Gasteiger partial charge in [-0.1, -0.05) is 20.8 Å². The Balaban J connectivity index is 2.63. The first kappa shape index (κ1) is 13.5. The van der Waals surface area contributed by atoms with E-state index in [2.05, 4.69) is 9.97 Å². The van der Waals surface area contributed by atoms with Crippen LogP contribution in [0.2, 0.25) is 0 Å². The number of aromatic nitrogens is 2.